The molecule has 8 heteroatoms. The van der Waals surface area contributed by atoms with E-state index in [9.17, 15) is 5.11 Å². The number of aryl methyl sites for hydroxylation is 2. The number of rotatable bonds is 5. The first-order valence-corrected chi connectivity index (χ1v) is 9.68. The van der Waals surface area contributed by atoms with Crippen molar-refractivity contribution in [2.45, 2.75) is 59.3 Å². The van der Waals surface area contributed by atoms with E-state index in [1.807, 2.05) is 6.07 Å². The molecule has 0 spiro atoms. The summed E-state index contributed by atoms with van der Waals surface area (Å²) < 4.78 is 3.60. The van der Waals surface area contributed by atoms with Gasteiger partial charge in [0, 0.05) is 0 Å². The average Bonchev–Trinajstić information content (AvgIpc) is 2.35. The van der Waals surface area contributed by atoms with E-state index in [0.717, 1.165) is 12.0 Å². The van der Waals surface area contributed by atoms with Gasteiger partial charge in [0.2, 0.25) is 0 Å². The maximum Gasteiger partial charge on any atom is 0.334 e. The molecule has 0 saturated carbocycles. The topological polar surface area (TPSA) is 110 Å². The highest BCUT2D eigenvalue weighted by molar-refractivity contribution is 7.53. The predicted octanol–water partition coefficient (Wildman–Crippen LogP) is 3.77. The number of hydrogen-bond donors (Lipinski definition) is 5. The van der Waals surface area contributed by atoms with Crippen LogP contribution >= 0.6 is 17.2 Å². The van der Waals surface area contributed by atoms with Crippen molar-refractivity contribution in [3.63, 3.8) is 0 Å². The van der Waals surface area contributed by atoms with Gasteiger partial charge in [0.15, 0.2) is 0 Å². The second-order valence-electron chi connectivity index (χ2n) is 6.24. The van der Waals surface area contributed by atoms with Gasteiger partial charge in [0.05, 0.1) is 0 Å². The monoisotopic (exact) mass is 366 g/mol. The Kier molecular flexibility index (Phi) is 10.4. The van der Waals surface area contributed by atoms with Crippen LogP contribution in [0.2, 0.25) is 0 Å². The lowest BCUT2D eigenvalue weighted by Crippen LogP contribution is -2.12. The summed E-state index contributed by atoms with van der Waals surface area (Å²) in [4.78, 5) is 31.3. The minimum Gasteiger partial charge on any atom is -0.508 e. The molecule has 1 aromatic carbocycles. The first kappa shape index (κ1) is 22.7. The van der Waals surface area contributed by atoms with E-state index in [4.69, 9.17) is 19.6 Å². The first-order chi connectivity index (χ1) is 10.5. The summed E-state index contributed by atoms with van der Waals surface area (Å²) in [5.41, 5.74) is 3.66. The molecule has 0 aliphatic carbocycles. The smallest absolute Gasteiger partial charge is 0.334 e. The Bertz CT molecular complexity index is 466. The highest BCUT2D eigenvalue weighted by Crippen LogP contribution is 2.41. The van der Waals surface area contributed by atoms with Crippen LogP contribution in [0.3, 0.4) is 0 Å². The first-order valence-electron chi connectivity index (χ1n) is 7.35. The largest absolute Gasteiger partial charge is 0.508 e. The Hall–Kier alpha value is -0.320. The second kappa shape index (κ2) is 10.5. The molecule has 1 aromatic rings. The van der Waals surface area contributed by atoms with Crippen LogP contribution in [-0.2, 0) is 16.1 Å². The Morgan fingerprint density at radius 3 is 1.91 bits per heavy atom. The molecule has 0 heterocycles. The molecule has 0 atom stereocenters. The van der Waals surface area contributed by atoms with Crippen molar-refractivity contribution < 1.29 is 29.0 Å². The van der Waals surface area contributed by atoms with Crippen LogP contribution in [0.5, 0.6) is 5.75 Å². The molecular weight excluding hydrogens is 338 g/mol. The Balaban J connectivity index is 0.000000585. The van der Waals surface area contributed by atoms with Crippen molar-refractivity contribution in [2.24, 2.45) is 0 Å². The zero-order valence-electron chi connectivity index (χ0n) is 14.3. The Morgan fingerprint density at radius 2 is 1.57 bits per heavy atom. The second-order valence-corrected chi connectivity index (χ2v) is 7.90. The van der Waals surface area contributed by atoms with Crippen LogP contribution in [0.1, 0.15) is 57.2 Å². The lowest BCUT2D eigenvalue weighted by atomic mass is 9.84. The van der Waals surface area contributed by atoms with Gasteiger partial charge in [-0.3, -0.25) is 0 Å². The number of unbranched alkanes of at least 4 members (excludes halogenated alkanes) is 1. The minimum absolute atomic E-state index is 0.0126. The van der Waals surface area contributed by atoms with Gasteiger partial charge in [0.25, 0.3) is 0 Å². The van der Waals surface area contributed by atoms with Gasteiger partial charge in [-0.2, -0.15) is 0 Å². The van der Waals surface area contributed by atoms with E-state index in [2.05, 4.69) is 45.0 Å². The minimum atomic E-state index is -2.61. The normalized spacial score (nSPS) is 11.6. The van der Waals surface area contributed by atoms with E-state index >= 15 is 0 Å². The molecule has 134 valence electrons. The summed E-state index contributed by atoms with van der Waals surface area (Å²) >= 11 is 0. The van der Waals surface area contributed by atoms with E-state index in [1.165, 1.54) is 24.0 Å². The molecule has 6 nitrogen and oxygen atoms in total. The third kappa shape index (κ3) is 9.53. The van der Waals surface area contributed by atoms with Crippen LogP contribution in [-0.4, -0.2) is 24.7 Å². The average molecular weight is 366 g/mol. The molecule has 0 aliphatic rings. The van der Waals surface area contributed by atoms with E-state index in [0.29, 0.717) is 5.75 Å². The SMILES string of the molecule is CCCCc1cc(C(C)(C)C)c(O)cc1C.OP(O)OP(O)O. The molecular formula is C15H28O6P2. The molecule has 23 heavy (non-hydrogen) atoms. The van der Waals surface area contributed by atoms with Crippen LogP contribution < -0.4 is 0 Å². The number of phenolic OH excluding ortho intramolecular Hbond substituents is 1. The fourth-order valence-corrected chi connectivity index (χ4v) is 2.56. The number of phenols is 1. The molecule has 0 unspecified atom stereocenters. The molecule has 0 radical (unpaired) electrons. The van der Waals surface area contributed by atoms with Gasteiger partial charge in [0.1, 0.15) is 5.75 Å². The van der Waals surface area contributed by atoms with Crippen molar-refractivity contribution in [1.29, 1.82) is 0 Å². The fraction of sp³-hybridized carbons (Fsp3) is 0.600. The van der Waals surface area contributed by atoms with Crippen LogP contribution in [0.25, 0.3) is 0 Å². The lowest BCUT2D eigenvalue weighted by molar-refractivity contribution is 0.324. The standard InChI is InChI=1S/C15H24O.H4O5P2/c1-6-7-8-12-10-13(15(3,4)5)14(16)9-11(12)2;1-6(2)5-7(3)4/h9-10,16H,6-8H2,1-5H3;1-4H. The number of benzene rings is 1. The van der Waals surface area contributed by atoms with Gasteiger partial charge in [-0.15, -0.1) is 0 Å². The summed E-state index contributed by atoms with van der Waals surface area (Å²) in [6.07, 6.45) is 3.55. The number of aromatic hydroxyl groups is 1. The van der Waals surface area contributed by atoms with E-state index in [-0.39, 0.29) is 5.41 Å². The zero-order valence-corrected chi connectivity index (χ0v) is 16.1. The fourth-order valence-electron chi connectivity index (χ4n) is 2.04. The van der Waals surface area contributed by atoms with Gasteiger partial charge >= 0.3 is 17.2 Å². The zero-order chi connectivity index (χ0) is 18.2. The van der Waals surface area contributed by atoms with E-state index < -0.39 is 17.2 Å². The van der Waals surface area contributed by atoms with Crippen molar-refractivity contribution in [3.05, 3.63) is 28.8 Å². The molecule has 1 rings (SSSR count). The van der Waals surface area contributed by atoms with Crippen molar-refractivity contribution in [1.82, 2.24) is 0 Å². The van der Waals surface area contributed by atoms with Gasteiger partial charge in [-0.25, -0.2) is 4.31 Å². The molecule has 0 bridgehead atoms. The molecule has 0 saturated heterocycles. The van der Waals surface area contributed by atoms with Crippen molar-refractivity contribution >= 4 is 17.2 Å². The Labute approximate surface area is 140 Å². The highest BCUT2D eigenvalue weighted by Gasteiger charge is 2.19. The summed E-state index contributed by atoms with van der Waals surface area (Å²) in [6, 6.07) is 4.09. The molecule has 0 aliphatic heterocycles. The molecule has 5 N–H and O–H groups in total. The molecule has 0 aromatic heterocycles. The maximum absolute atomic E-state index is 9.98. The summed E-state index contributed by atoms with van der Waals surface area (Å²) in [5.74, 6) is 0.435. The summed E-state index contributed by atoms with van der Waals surface area (Å²) in [5, 5.41) is 9.98. The van der Waals surface area contributed by atoms with Gasteiger partial charge in [-0.05, 0) is 47.9 Å². The quantitative estimate of drug-likeness (QED) is 0.508. The Morgan fingerprint density at radius 1 is 1.04 bits per heavy atom. The summed E-state index contributed by atoms with van der Waals surface area (Å²) in [7, 11) is -5.22. The predicted molar refractivity (Wildman–Crippen MR) is 94.0 cm³/mol. The molecule has 0 amide bonds. The van der Waals surface area contributed by atoms with Crippen LogP contribution in [0.15, 0.2) is 12.1 Å². The van der Waals surface area contributed by atoms with Gasteiger partial charge in [-0.1, -0.05) is 40.2 Å². The molecule has 0 fully saturated rings. The van der Waals surface area contributed by atoms with Crippen LogP contribution in [0, 0.1) is 6.92 Å². The summed E-state index contributed by atoms with van der Waals surface area (Å²) in [6.45, 7) is 10.7. The lowest BCUT2D eigenvalue weighted by Gasteiger charge is -2.22. The third-order valence-corrected chi connectivity index (χ3v) is 4.38. The maximum atomic E-state index is 9.98. The van der Waals surface area contributed by atoms with Gasteiger partial charge < -0.3 is 24.7 Å². The van der Waals surface area contributed by atoms with Crippen molar-refractivity contribution in [2.75, 3.05) is 0 Å². The highest BCUT2D eigenvalue weighted by atomic mass is 31.2. The van der Waals surface area contributed by atoms with E-state index in [1.54, 1.807) is 0 Å². The number of hydrogen-bond acceptors (Lipinski definition) is 6. The van der Waals surface area contributed by atoms with Crippen molar-refractivity contribution in [3.8, 4) is 5.75 Å². The third-order valence-electron chi connectivity index (χ3n) is 3.21. The van der Waals surface area contributed by atoms with Crippen LogP contribution in [0.4, 0.5) is 0 Å².